The number of carbonyl (C=O) groups is 2. The molecule has 0 heterocycles. The van der Waals surface area contributed by atoms with Crippen molar-refractivity contribution in [2.24, 2.45) is 5.73 Å². The van der Waals surface area contributed by atoms with E-state index in [0.29, 0.717) is 36.2 Å². The number of nitrogens with one attached hydrogen (secondary N) is 1. The predicted molar refractivity (Wildman–Crippen MR) is 69.4 cm³/mol. The highest BCUT2D eigenvalue weighted by molar-refractivity contribution is 5.96. The molecule has 98 valence electrons. The lowest BCUT2D eigenvalue weighted by atomic mass is 10.1. The van der Waals surface area contributed by atoms with E-state index in [-0.39, 0.29) is 5.91 Å². The average Bonchev–Trinajstić information content (AvgIpc) is 2.38. The van der Waals surface area contributed by atoms with Crippen molar-refractivity contribution in [2.45, 2.75) is 19.8 Å². The molecule has 0 spiro atoms. The Bertz CT molecular complexity index is 444. The van der Waals surface area contributed by atoms with Crippen molar-refractivity contribution in [3.8, 4) is 0 Å². The highest BCUT2D eigenvalue weighted by atomic mass is 16.5. The molecule has 0 radical (unpaired) electrons. The topological polar surface area (TPSA) is 81.4 Å². The van der Waals surface area contributed by atoms with Gasteiger partial charge in [-0.1, -0.05) is 6.07 Å². The van der Waals surface area contributed by atoms with Crippen LogP contribution in [0.3, 0.4) is 0 Å². The van der Waals surface area contributed by atoms with Gasteiger partial charge in [0.2, 0.25) is 5.91 Å². The summed E-state index contributed by atoms with van der Waals surface area (Å²) in [5.74, 6) is -0.517. The van der Waals surface area contributed by atoms with E-state index in [1.807, 2.05) is 0 Å². The van der Waals surface area contributed by atoms with Crippen molar-refractivity contribution in [1.82, 2.24) is 0 Å². The molecule has 1 amide bonds. The summed E-state index contributed by atoms with van der Waals surface area (Å²) in [6, 6.07) is 5.12. The second-order valence-corrected chi connectivity index (χ2v) is 3.91. The van der Waals surface area contributed by atoms with Crippen LogP contribution < -0.4 is 11.1 Å². The number of methoxy groups -OCH3 is 1. The third kappa shape index (κ3) is 3.56. The standard InChI is InChI=1S/C13H18N2O3/c1-9-10(13(17)18-2)5-3-6-11(9)15-12(16)7-4-8-14/h3,5-6H,4,7-8,14H2,1-2H3,(H,15,16). The zero-order valence-corrected chi connectivity index (χ0v) is 10.7. The Labute approximate surface area is 106 Å². The van der Waals surface area contributed by atoms with Crippen LogP contribution in [-0.2, 0) is 9.53 Å². The number of hydrogen-bond acceptors (Lipinski definition) is 4. The van der Waals surface area contributed by atoms with Crippen LogP contribution in [-0.4, -0.2) is 25.5 Å². The Balaban J connectivity index is 2.84. The van der Waals surface area contributed by atoms with Crippen LogP contribution in [0.15, 0.2) is 18.2 Å². The number of anilines is 1. The molecule has 1 aromatic rings. The normalized spacial score (nSPS) is 9.94. The molecule has 0 atom stereocenters. The summed E-state index contributed by atoms with van der Waals surface area (Å²) < 4.78 is 4.67. The number of rotatable bonds is 5. The maximum atomic E-state index is 11.6. The van der Waals surface area contributed by atoms with E-state index in [9.17, 15) is 9.59 Å². The Hall–Kier alpha value is -1.88. The third-order valence-corrected chi connectivity index (χ3v) is 2.62. The van der Waals surface area contributed by atoms with Gasteiger partial charge in [0, 0.05) is 12.1 Å². The largest absolute Gasteiger partial charge is 0.465 e. The summed E-state index contributed by atoms with van der Waals surface area (Å²) in [6.45, 7) is 2.25. The lowest BCUT2D eigenvalue weighted by Gasteiger charge is -2.11. The Morgan fingerprint density at radius 2 is 2.11 bits per heavy atom. The quantitative estimate of drug-likeness (QED) is 0.775. The summed E-state index contributed by atoms with van der Waals surface area (Å²) >= 11 is 0. The van der Waals surface area contributed by atoms with Gasteiger partial charge in [-0.25, -0.2) is 4.79 Å². The van der Waals surface area contributed by atoms with E-state index in [1.165, 1.54) is 7.11 Å². The second kappa shape index (κ2) is 6.76. The molecule has 0 aliphatic heterocycles. The van der Waals surface area contributed by atoms with E-state index in [0.717, 1.165) is 0 Å². The molecule has 0 unspecified atom stereocenters. The van der Waals surface area contributed by atoms with Gasteiger partial charge in [0.05, 0.1) is 12.7 Å². The SMILES string of the molecule is COC(=O)c1cccc(NC(=O)CCCN)c1C. The second-order valence-electron chi connectivity index (χ2n) is 3.91. The third-order valence-electron chi connectivity index (χ3n) is 2.62. The number of esters is 1. The van der Waals surface area contributed by atoms with Gasteiger partial charge in [-0.05, 0) is 37.6 Å². The molecular formula is C13H18N2O3. The molecule has 0 fully saturated rings. The lowest BCUT2D eigenvalue weighted by Crippen LogP contribution is -2.15. The molecule has 0 bridgehead atoms. The van der Waals surface area contributed by atoms with Crippen LogP contribution in [0.1, 0.15) is 28.8 Å². The molecule has 0 saturated carbocycles. The van der Waals surface area contributed by atoms with Crippen LogP contribution in [0.5, 0.6) is 0 Å². The molecule has 5 nitrogen and oxygen atoms in total. The van der Waals surface area contributed by atoms with E-state index in [1.54, 1.807) is 25.1 Å². The summed E-state index contributed by atoms with van der Waals surface area (Å²) in [5, 5.41) is 2.76. The van der Waals surface area contributed by atoms with Crippen LogP contribution in [0.25, 0.3) is 0 Å². The van der Waals surface area contributed by atoms with Crippen LogP contribution >= 0.6 is 0 Å². The van der Waals surface area contributed by atoms with Crippen molar-refractivity contribution in [2.75, 3.05) is 19.0 Å². The Morgan fingerprint density at radius 3 is 2.72 bits per heavy atom. The molecule has 3 N–H and O–H groups in total. The Kier molecular flexibility index (Phi) is 5.32. The highest BCUT2D eigenvalue weighted by Gasteiger charge is 2.12. The minimum Gasteiger partial charge on any atom is -0.465 e. The zero-order valence-electron chi connectivity index (χ0n) is 10.7. The summed E-state index contributed by atoms with van der Waals surface area (Å²) in [6.07, 6.45) is 1.01. The van der Waals surface area contributed by atoms with E-state index in [4.69, 9.17) is 5.73 Å². The summed E-state index contributed by atoms with van der Waals surface area (Å²) in [5.41, 5.74) is 7.12. The molecule has 5 heteroatoms. The highest BCUT2D eigenvalue weighted by Crippen LogP contribution is 2.19. The Morgan fingerprint density at radius 1 is 1.39 bits per heavy atom. The number of benzene rings is 1. The molecule has 1 aromatic carbocycles. The lowest BCUT2D eigenvalue weighted by molar-refractivity contribution is -0.116. The molecule has 0 aliphatic carbocycles. The van der Waals surface area contributed by atoms with Gasteiger partial charge >= 0.3 is 5.97 Å². The first kappa shape index (κ1) is 14.2. The summed E-state index contributed by atoms with van der Waals surface area (Å²) in [4.78, 5) is 23.1. The molecule has 0 aromatic heterocycles. The predicted octanol–water partition coefficient (Wildman–Crippen LogP) is 1.46. The van der Waals surface area contributed by atoms with Gasteiger partial charge in [-0.3, -0.25) is 4.79 Å². The first-order chi connectivity index (χ1) is 8.60. The number of hydrogen-bond donors (Lipinski definition) is 2. The first-order valence-electron chi connectivity index (χ1n) is 5.78. The number of amides is 1. The number of carbonyl (C=O) groups excluding carboxylic acids is 2. The maximum absolute atomic E-state index is 11.6. The first-order valence-corrected chi connectivity index (χ1v) is 5.78. The molecule has 18 heavy (non-hydrogen) atoms. The van der Waals surface area contributed by atoms with E-state index >= 15 is 0 Å². The van der Waals surface area contributed by atoms with Crippen molar-refractivity contribution >= 4 is 17.6 Å². The van der Waals surface area contributed by atoms with Crippen LogP contribution in [0, 0.1) is 6.92 Å². The van der Waals surface area contributed by atoms with Crippen LogP contribution in [0.2, 0.25) is 0 Å². The minimum absolute atomic E-state index is 0.106. The van der Waals surface area contributed by atoms with E-state index < -0.39 is 5.97 Å². The minimum atomic E-state index is -0.412. The number of nitrogens with two attached hydrogens (primary N) is 1. The summed E-state index contributed by atoms with van der Waals surface area (Å²) in [7, 11) is 1.33. The fourth-order valence-electron chi connectivity index (χ4n) is 1.58. The molecule has 1 rings (SSSR count). The van der Waals surface area contributed by atoms with Gasteiger partial charge in [-0.2, -0.15) is 0 Å². The van der Waals surface area contributed by atoms with Crippen LogP contribution in [0.4, 0.5) is 5.69 Å². The van der Waals surface area contributed by atoms with Gasteiger partial charge < -0.3 is 15.8 Å². The van der Waals surface area contributed by atoms with Crippen molar-refractivity contribution < 1.29 is 14.3 Å². The maximum Gasteiger partial charge on any atom is 0.338 e. The zero-order chi connectivity index (χ0) is 13.5. The fraction of sp³-hybridized carbons (Fsp3) is 0.385. The molecular weight excluding hydrogens is 232 g/mol. The van der Waals surface area contributed by atoms with E-state index in [2.05, 4.69) is 10.1 Å². The van der Waals surface area contributed by atoms with Crippen molar-refractivity contribution in [3.05, 3.63) is 29.3 Å². The average molecular weight is 250 g/mol. The van der Waals surface area contributed by atoms with Crippen molar-refractivity contribution in [3.63, 3.8) is 0 Å². The van der Waals surface area contributed by atoms with Gasteiger partial charge in [0.15, 0.2) is 0 Å². The fourth-order valence-corrected chi connectivity index (χ4v) is 1.58. The smallest absolute Gasteiger partial charge is 0.338 e. The van der Waals surface area contributed by atoms with Gasteiger partial charge in [-0.15, -0.1) is 0 Å². The van der Waals surface area contributed by atoms with Gasteiger partial charge in [0.25, 0.3) is 0 Å². The van der Waals surface area contributed by atoms with Gasteiger partial charge in [0.1, 0.15) is 0 Å². The van der Waals surface area contributed by atoms with Crippen molar-refractivity contribution in [1.29, 1.82) is 0 Å². The molecule has 0 aliphatic rings. The number of ether oxygens (including phenoxy) is 1. The molecule has 0 saturated heterocycles. The monoisotopic (exact) mass is 250 g/mol.